The van der Waals surface area contributed by atoms with Gasteiger partial charge in [0.1, 0.15) is 0 Å². The second kappa shape index (κ2) is 6.62. The van der Waals surface area contributed by atoms with E-state index >= 15 is 0 Å². The molecule has 1 heteroatoms. The van der Waals surface area contributed by atoms with Gasteiger partial charge in [-0.25, -0.2) is 0 Å². The van der Waals surface area contributed by atoms with Gasteiger partial charge in [-0.3, -0.25) is 0 Å². The summed E-state index contributed by atoms with van der Waals surface area (Å²) in [6.45, 7) is 6.76. The van der Waals surface area contributed by atoms with Crippen molar-refractivity contribution in [1.82, 2.24) is 0 Å². The molecular formula is C8H16Mg. The standard InChI is InChI=1S/C4H9.C4H7.Mg/c2*1-3-4-2;/h3H,4H2,1-2H3;3-4H,1H2,2H3;/b;4-3+;. The van der Waals surface area contributed by atoms with Gasteiger partial charge < -0.3 is 0 Å². The maximum Gasteiger partial charge on any atom is 0.373 e. The highest BCUT2D eigenvalue weighted by Crippen LogP contribution is 2.07. The Morgan fingerprint density at radius 1 is 1.56 bits per heavy atom. The van der Waals surface area contributed by atoms with Crippen LogP contribution in [0.15, 0.2) is 12.2 Å². The minimum absolute atomic E-state index is 0.238. The van der Waals surface area contributed by atoms with Gasteiger partial charge in [-0.15, -0.1) is 14.7 Å². The molecule has 1 unspecified atom stereocenters. The smallest absolute Gasteiger partial charge is 0.137 e. The molecule has 0 heterocycles. The molecule has 0 saturated heterocycles. The zero-order valence-electron chi connectivity index (χ0n) is 6.85. The van der Waals surface area contributed by atoms with Gasteiger partial charge in [-0.1, -0.05) is 26.3 Å². The SMILES string of the molecule is C/C=C/[CH2][Mg][CH](C)CC. The van der Waals surface area contributed by atoms with Crippen molar-refractivity contribution in [3.05, 3.63) is 12.2 Å². The van der Waals surface area contributed by atoms with Crippen LogP contribution in [0.3, 0.4) is 0 Å². The first-order valence-electron chi connectivity index (χ1n) is 3.92. The monoisotopic (exact) mass is 136 g/mol. The summed E-state index contributed by atoms with van der Waals surface area (Å²) in [4.78, 5) is 0. The molecule has 0 bridgehead atoms. The Balaban J connectivity index is 3.06. The van der Waals surface area contributed by atoms with E-state index in [2.05, 4.69) is 32.9 Å². The molecule has 0 aromatic carbocycles. The molecule has 0 spiro atoms. The highest BCUT2D eigenvalue weighted by atomic mass is 24.5. The van der Waals surface area contributed by atoms with Crippen molar-refractivity contribution in [2.45, 2.75) is 35.8 Å². The van der Waals surface area contributed by atoms with Crippen LogP contribution in [0.1, 0.15) is 27.2 Å². The van der Waals surface area contributed by atoms with E-state index in [1.165, 1.54) is 11.0 Å². The summed E-state index contributed by atoms with van der Waals surface area (Å²) in [6, 6.07) is 0. The topological polar surface area (TPSA) is 0 Å². The Bertz CT molecular complexity index is 76.6. The number of rotatable bonds is 4. The molecule has 50 valence electrons. The summed E-state index contributed by atoms with van der Waals surface area (Å²) in [6.07, 6.45) is 5.84. The number of hydrogen-bond acceptors (Lipinski definition) is 0. The average molecular weight is 137 g/mol. The first-order chi connectivity index (χ1) is 4.31. The summed E-state index contributed by atoms with van der Waals surface area (Å²) in [5.41, 5.74) is 0. The molecule has 0 N–H and O–H groups in total. The molecular weight excluding hydrogens is 120 g/mol. The Hall–Kier alpha value is 0.506. The first kappa shape index (κ1) is 9.51. The third-order valence-corrected chi connectivity index (χ3v) is 3.99. The minimum atomic E-state index is 0.238. The zero-order chi connectivity index (χ0) is 7.11. The minimum Gasteiger partial charge on any atom is -0.137 e. The van der Waals surface area contributed by atoms with Gasteiger partial charge >= 0.3 is 20.4 Å². The Morgan fingerprint density at radius 3 is 2.67 bits per heavy atom. The van der Waals surface area contributed by atoms with Crippen LogP contribution in [-0.2, 0) is 0 Å². The van der Waals surface area contributed by atoms with Crippen LogP contribution in [0, 0.1) is 0 Å². The molecule has 0 aromatic rings. The van der Waals surface area contributed by atoms with Crippen LogP contribution in [0.4, 0.5) is 0 Å². The van der Waals surface area contributed by atoms with Gasteiger partial charge in [0.15, 0.2) is 0 Å². The third kappa shape index (κ3) is 6.39. The van der Waals surface area contributed by atoms with E-state index in [4.69, 9.17) is 0 Å². The second-order valence-electron chi connectivity index (χ2n) is 2.66. The van der Waals surface area contributed by atoms with E-state index in [-0.39, 0.29) is 20.4 Å². The van der Waals surface area contributed by atoms with Crippen molar-refractivity contribution in [2.75, 3.05) is 0 Å². The summed E-state index contributed by atoms with van der Waals surface area (Å²) in [5, 5.41) is 0. The predicted octanol–water partition coefficient (Wildman–Crippen LogP) is 2.90. The van der Waals surface area contributed by atoms with Crippen LogP contribution in [0.5, 0.6) is 0 Å². The Morgan fingerprint density at radius 2 is 2.22 bits per heavy atom. The Kier molecular flexibility index (Phi) is 7.00. The van der Waals surface area contributed by atoms with E-state index in [1.807, 2.05) is 0 Å². The largest absolute Gasteiger partial charge is 0.373 e. The highest BCUT2D eigenvalue weighted by Gasteiger charge is 2.00. The maximum atomic E-state index is 2.37. The molecule has 0 rings (SSSR count). The predicted molar refractivity (Wildman–Crippen MR) is 45.1 cm³/mol. The van der Waals surface area contributed by atoms with Crippen molar-refractivity contribution in [3.8, 4) is 0 Å². The fourth-order valence-electron chi connectivity index (χ4n) is 0.752. The Labute approximate surface area is 68.4 Å². The molecule has 0 aliphatic heterocycles. The lowest BCUT2D eigenvalue weighted by Gasteiger charge is -2.00. The number of allylic oxidation sites excluding steroid dienone is 2. The van der Waals surface area contributed by atoms with Crippen LogP contribution < -0.4 is 0 Å². The molecule has 0 aliphatic rings. The van der Waals surface area contributed by atoms with Gasteiger partial charge in [-0.05, 0) is 6.92 Å². The van der Waals surface area contributed by atoms with E-state index in [0.29, 0.717) is 0 Å². The molecule has 0 fully saturated rings. The van der Waals surface area contributed by atoms with Crippen molar-refractivity contribution in [3.63, 3.8) is 0 Å². The van der Waals surface area contributed by atoms with Crippen LogP contribution in [0.25, 0.3) is 0 Å². The quantitative estimate of drug-likeness (QED) is 0.412. The molecule has 0 aromatic heterocycles. The lowest BCUT2D eigenvalue weighted by atomic mass is 10.4. The van der Waals surface area contributed by atoms with Gasteiger partial charge in [-0.2, -0.15) is 0 Å². The van der Waals surface area contributed by atoms with Gasteiger partial charge in [0.2, 0.25) is 0 Å². The zero-order valence-corrected chi connectivity index (χ0v) is 8.27. The van der Waals surface area contributed by atoms with E-state index in [0.717, 1.165) is 4.05 Å². The molecule has 0 radical (unpaired) electrons. The van der Waals surface area contributed by atoms with Gasteiger partial charge in [0.25, 0.3) is 0 Å². The lowest BCUT2D eigenvalue weighted by Crippen LogP contribution is -1.95. The van der Waals surface area contributed by atoms with Crippen LogP contribution in [-0.4, -0.2) is 20.4 Å². The second-order valence-corrected chi connectivity index (χ2v) is 5.21. The fraction of sp³-hybridized carbons (Fsp3) is 0.750. The molecule has 1 atom stereocenters. The van der Waals surface area contributed by atoms with Crippen LogP contribution >= 0.6 is 0 Å². The van der Waals surface area contributed by atoms with Crippen molar-refractivity contribution in [2.24, 2.45) is 0 Å². The molecule has 0 nitrogen and oxygen atoms in total. The van der Waals surface area contributed by atoms with E-state index < -0.39 is 0 Å². The van der Waals surface area contributed by atoms with Crippen molar-refractivity contribution in [1.29, 1.82) is 0 Å². The first-order valence-corrected chi connectivity index (χ1v) is 5.74. The lowest BCUT2D eigenvalue weighted by molar-refractivity contribution is 0.868. The summed E-state index contributed by atoms with van der Waals surface area (Å²) in [5.74, 6) is 0. The molecule has 0 aliphatic carbocycles. The van der Waals surface area contributed by atoms with E-state index in [9.17, 15) is 0 Å². The summed E-state index contributed by atoms with van der Waals surface area (Å²) in [7, 11) is 0. The normalized spacial score (nSPS) is 13.7. The van der Waals surface area contributed by atoms with Gasteiger partial charge in [0.05, 0.1) is 0 Å². The highest BCUT2D eigenvalue weighted by molar-refractivity contribution is 6.38. The summed E-state index contributed by atoms with van der Waals surface area (Å²) < 4.78 is 2.44. The molecule has 0 amide bonds. The fourth-order valence-corrected chi connectivity index (χ4v) is 2.25. The molecule has 9 heavy (non-hydrogen) atoms. The molecule has 0 saturated carbocycles. The summed E-state index contributed by atoms with van der Waals surface area (Å²) >= 11 is 0.238. The van der Waals surface area contributed by atoms with Crippen molar-refractivity contribution < 1.29 is 0 Å². The maximum absolute atomic E-state index is 2.37. The number of hydrogen-bond donors (Lipinski definition) is 0. The average Bonchev–Trinajstić information content (AvgIpc) is 1.89. The van der Waals surface area contributed by atoms with Gasteiger partial charge in [0, 0.05) is 0 Å². The third-order valence-electron chi connectivity index (χ3n) is 1.76. The van der Waals surface area contributed by atoms with Crippen molar-refractivity contribution >= 4 is 20.4 Å². The van der Waals surface area contributed by atoms with Crippen LogP contribution in [0.2, 0.25) is 8.60 Å². The van der Waals surface area contributed by atoms with E-state index in [1.54, 1.807) is 0 Å².